The lowest BCUT2D eigenvalue weighted by molar-refractivity contribution is -0.138. The summed E-state index contributed by atoms with van der Waals surface area (Å²) < 4.78 is 0. The van der Waals surface area contributed by atoms with Crippen LogP contribution >= 0.6 is 0 Å². The first-order valence-electron chi connectivity index (χ1n) is 10.3. The molecule has 1 unspecified atom stereocenters. The molecule has 4 heteroatoms. The number of anilines is 1. The van der Waals surface area contributed by atoms with Crippen molar-refractivity contribution in [3.8, 4) is 0 Å². The van der Waals surface area contributed by atoms with Gasteiger partial charge in [-0.3, -0.25) is 9.59 Å². The van der Waals surface area contributed by atoms with Gasteiger partial charge in [-0.1, -0.05) is 37.3 Å². The zero-order valence-electron chi connectivity index (χ0n) is 17.1. The first kappa shape index (κ1) is 20.1. The number of fused-ring (bicyclic) bond motifs is 1. The highest BCUT2D eigenvalue weighted by molar-refractivity contribution is 6.40. The summed E-state index contributed by atoms with van der Waals surface area (Å²) in [4.78, 5) is 27.1. The van der Waals surface area contributed by atoms with Crippen LogP contribution in [-0.4, -0.2) is 18.4 Å². The quantitative estimate of drug-likeness (QED) is 0.779. The Kier molecular flexibility index (Phi) is 6.50. The molecule has 2 amide bonds. The third-order valence-electron chi connectivity index (χ3n) is 5.56. The summed E-state index contributed by atoms with van der Waals surface area (Å²) in [7, 11) is 0. The maximum absolute atomic E-state index is 12.8. The molecule has 0 fully saturated rings. The van der Waals surface area contributed by atoms with Gasteiger partial charge in [-0.15, -0.1) is 0 Å². The zero-order valence-corrected chi connectivity index (χ0v) is 17.1. The molecule has 0 saturated carbocycles. The van der Waals surface area contributed by atoms with Gasteiger partial charge in [0.25, 0.3) is 0 Å². The van der Waals surface area contributed by atoms with Crippen LogP contribution < -0.4 is 10.2 Å². The minimum atomic E-state index is -0.548. The number of hydrogen-bond donors (Lipinski definition) is 1. The van der Waals surface area contributed by atoms with Crippen molar-refractivity contribution in [2.24, 2.45) is 0 Å². The van der Waals surface area contributed by atoms with Crippen molar-refractivity contribution in [2.75, 3.05) is 11.4 Å². The van der Waals surface area contributed by atoms with Gasteiger partial charge in [-0.05, 0) is 80.3 Å². The molecule has 148 valence electrons. The normalized spacial score (nSPS) is 14.1. The molecule has 0 heterocycles. The van der Waals surface area contributed by atoms with Gasteiger partial charge in [0.05, 0.1) is 6.04 Å². The van der Waals surface area contributed by atoms with Gasteiger partial charge in [-0.25, -0.2) is 0 Å². The molecule has 0 saturated heterocycles. The zero-order chi connectivity index (χ0) is 20.1. The molecule has 2 aromatic carbocycles. The van der Waals surface area contributed by atoms with Crippen molar-refractivity contribution >= 4 is 17.5 Å². The molecular formula is C24H30N2O2. The number of aryl methyl sites for hydroxylation is 3. The second-order valence-electron chi connectivity index (χ2n) is 7.56. The van der Waals surface area contributed by atoms with Crippen molar-refractivity contribution in [1.29, 1.82) is 0 Å². The first-order chi connectivity index (χ1) is 13.5. The highest BCUT2D eigenvalue weighted by atomic mass is 16.2. The van der Waals surface area contributed by atoms with Gasteiger partial charge in [-0.2, -0.15) is 0 Å². The standard InChI is InChI=1S/C24H30N2O2/c1-4-22(20-14-13-18-10-6-7-11-19(18)16-20)25-23(27)24(28)26(5-2)21-12-8-9-17(3)15-21/h8-9,12-16,22H,4-7,10-11H2,1-3H3,(H,25,27). The van der Waals surface area contributed by atoms with E-state index in [2.05, 4.69) is 23.5 Å². The van der Waals surface area contributed by atoms with E-state index in [9.17, 15) is 9.59 Å². The lowest BCUT2D eigenvalue weighted by Gasteiger charge is -2.24. The fourth-order valence-corrected chi connectivity index (χ4v) is 3.97. The average molecular weight is 379 g/mol. The Balaban J connectivity index is 1.75. The topological polar surface area (TPSA) is 49.4 Å². The van der Waals surface area contributed by atoms with E-state index in [1.54, 1.807) is 0 Å². The van der Waals surface area contributed by atoms with Gasteiger partial charge >= 0.3 is 11.8 Å². The minimum Gasteiger partial charge on any atom is -0.341 e. The van der Waals surface area contributed by atoms with E-state index < -0.39 is 11.8 Å². The Bertz CT molecular complexity index is 859. The molecular weight excluding hydrogens is 348 g/mol. The molecule has 1 aliphatic rings. The number of carbonyl (C=O) groups is 2. The van der Waals surface area contributed by atoms with Crippen LogP contribution in [0.2, 0.25) is 0 Å². The number of likely N-dealkylation sites (N-methyl/N-ethyl adjacent to an activating group) is 1. The van der Waals surface area contributed by atoms with Crippen LogP contribution in [-0.2, 0) is 22.4 Å². The number of benzene rings is 2. The third-order valence-corrected chi connectivity index (χ3v) is 5.56. The van der Waals surface area contributed by atoms with Crippen molar-refractivity contribution < 1.29 is 9.59 Å². The van der Waals surface area contributed by atoms with Gasteiger partial charge in [0.1, 0.15) is 0 Å². The number of nitrogens with zero attached hydrogens (tertiary/aromatic N) is 1. The van der Waals surface area contributed by atoms with Gasteiger partial charge in [0.15, 0.2) is 0 Å². The highest BCUT2D eigenvalue weighted by Crippen LogP contribution is 2.26. The van der Waals surface area contributed by atoms with Gasteiger partial charge in [0.2, 0.25) is 0 Å². The molecule has 0 aliphatic heterocycles. The average Bonchev–Trinajstić information content (AvgIpc) is 2.72. The second-order valence-corrected chi connectivity index (χ2v) is 7.56. The van der Waals surface area contributed by atoms with Crippen molar-refractivity contribution in [3.05, 3.63) is 64.7 Å². The van der Waals surface area contributed by atoms with E-state index in [1.165, 1.54) is 28.9 Å². The van der Waals surface area contributed by atoms with Gasteiger partial charge in [0, 0.05) is 12.2 Å². The molecule has 0 bridgehead atoms. The van der Waals surface area contributed by atoms with E-state index in [0.717, 1.165) is 36.1 Å². The summed E-state index contributed by atoms with van der Waals surface area (Å²) >= 11 is 0. The van der Waals surface area contributed by atoms with E-state index in [1.807, 2.05) is 45.0 Å². The summed E-state index contributed by atoms with van der Waals surface area (Å²) in [6.07, 6.45) is 5.46. The molecule has 28 heavy (non-hydrogen) atoms. The van der Waals surface area contributed by atoms with E-state index >= 15 is 0 Å². The third kappa shape index (κ3) is 4.44. The number of hydrogen-bond acceptors (Lipinski definition) is 2. The SMILES string of the molecule is CCC(NC(=O)C(=O)N(CC)c1cccc(C)c1)c1ccc2c(c1)CCCC2. The summed E-state index contributed by atoms with van der Waals surface area (Å²) in [5.74, 6) is -1.06. The van der Waals surface area contributed by atoms with Crippen LogP contribution in [0, 0.1) is 6.92 Å². The van der Waals surface area contributed by atoms with Crippen LogP contribution in [0.5, 0.6) is 0 Å². The summed E-state index contributed by atoms with van der Waals surface area (Å²) in [6, 6.07) is 14.0. The molecule has 0 aromatic heterocycles. The van der Waals surface area contributed by atoms with E-state index in [4.69, 9.17) is 0 Å². The summed E-state index contributed by atoms with van der Waals surface area (Å²) in [6.45, 7) is 6.34. The van der Waals surface area contributed by atoms with Crippen LogP contribution in [0.25, 0.3) is 0 Å². The van der Waals surface area contributed by atoms with Crippen molar-refractivity contribution in [2.45, 2.75) is 58.9 Å². The number of nitrogens with one attached hydrogen (secondary N) is 1. The van der Waals surface area contributed by atoms with Crippen LogP contribution in [0.1, 0.15) is 61.4 Å². The maximum Gasteiger partial charge on any atom is 0.316 e. The molecule has 3 rings (SSSR count). The highest BCUT2D eigenvalue weighted by Gasteiger charge is 2.25. The minimum absolute atomic E-state index is 0.153. The Labute approximate surface area is 167 Å². The fraction of sp³-hybridized carbons (Fsp3) is 0.417. The molecule has 1 aliphatic carbocycles. The van der Waals surface area contributed by atoms with Crippen LogP contribution in [0.15, 0.2) is 42.5 Å². The smallest absolute Gasteiger partial charge is 0.316 e. The predicted molar refractivity (Wildman–Crippen MR) is 113 cm³/mol. The second kappa shape index (κ2) is 9.05. The van der Waals surface area contributed by atoms with Gasteiger partial charge < -0.3 is 10.2 Å². The van der Waals surface area contributed by atoms with E-state index in [0.29, 0.717) is 6.54 Å². The molecule has 0 spiro atoms. The van der Waals surface area contributed by atoms with E-state index in [-0.39, 0.29) is 6.04 Å². The molecule has 0 radical (unpaired) electrons. The lowest BCUT2D eigenvalue weighted by atomic mass is 9.89. The number of rotatable bonds is 5. The first-order valence-corrected chi connectivity index (χ1v) is 10.3. The van der Waals surface area contributed by atoms with Crippen molar-refractivity contribution in [3.63, 3.8) is 0 Å². The maximum atomic E-state index is 12.8. The fourth-order valence-electron chi connectivity index (χ4n) is 3.97. The summed E-state index contributed by atoms with van der Waals surface area (Å²) in [5.41, 5.74) is 5.71. The Hall–Kier alpha value is -2.62. The molecule has 1 atom stereocenters. The monoisotopic (exact) mass is 378 g/mol. The molecule has 2 aromatic rings. The van der Waals surface area contributed by atoms with Crippen LogP contribution in [0.3, 0.4) is 0 Å². The Morgan fingerprint density at radius 1 is 1.04 bits per heavy atom. The Morgan fingerprint density at radius 2 is 1.79 bits per heavy atom. The predicted octanol–water partition coefficient (Wildman–Crippen LogP) is 4.49. The number of carbonyl (C=O) groups excluding carboxylic acids is 2. The molecule has 1 N–H and O–H groups in total. The Morgan fingerprint density at radius 3 is 2.46 bits per heavy atom. The lowest BCUT2D eigenvalue weighted by Crippen LogP contribution is -2.44. The van der Waals surface area contributed by atoms with Crippen molar-refractivity contribution in [1.82, 2.24) is 5.32 Å². The largest absolute Gasteiger partial charge is 0.341 e. The van der Waals surface area contributed by atoms with Crippen LogP contribution in [0.4, 0.5) is 5.69 Å². The summed E-state index contributed by atoms with van der Waals surface area (Å²) in [5, 5.41) is 2.96. The molecule has 4 nitrogen and oxygen atoms in total. The number of amides is 2.